The van der Waals surface area contributed by atoms with Crippen molar-refractivity contribution < 1.29 is 19.2 Å². The number of aromatic nitrogens is 1. The second-order valence-electron chi connectivity index (χ2n) is 5.98. The second kappa shape index (κ2) is 7.23. The number of benzene rings is 1. The molecule has 26 heavy (non-hydrogen) atoms. The van der Waals surface area contributed by atoms with E-state index < -0.39 is 11.0 Å². The van der Waals surface area contributed by atoms with Crippen LogP contribution in [0.5, 0.6) is 0 Å². The first-order chi connectivity index (χ1) is 12.5. The molecule has 0 unspecified atom stereocenters. The lowest BCUT2D eigenvalue weighted by atomic mass is 10.1. The third kappa shape index (κ3) is 3.64. The van der Waals surface area contributed by atoms with Crippen LogP contribution in [-0.4, -0.2) is 27.3 Å². The van der Waals surface area contributed by atoms with Crippen LogP contribution < -0.4 is 0 Å². The van der Waals surface area contributed by atoms with Crippen LogP contribution in [0.25, 0.3) is 0 Å². The Balaban J connectivity index is 1.64. The van der Waals surface area contributed by atoms with E-state index in [1.165, 1.54) is 19.1 Å². The van der Waals surface area contributed by atoms with Gasteiger partial charge in [0.2, 0.25) is 0 Å². The zero-order valence-electron chi connectivity index (χ0n) is 14.0. The van der Waals surface area contributed by atoms with Crippen molar-refractivity contribution in [1.82, 2.24) is 4.57 Å². The van der Waals surface area contributed by atoms with Crippen molar-refractivity contribution in [2.24, 2.45) is 0 Å². The number of rotatable bonds is 4. The van der Waals surface area contributed by atoms with E-state index in [2.05, 4.69) is 11.8 Å². The highest BCUT2D eigenvalue weighted by Gasteiger charge is 2.36. The smallest absolute Gasteiger partial charge is 0.329 e. The molecule has 3 rings (SSSR count). The Bertz CT molecular complexity index is 917. The lowest BCUT2D eigenvalue weighted by Crippen LogP contribution is -2.17. The first kappa shape index (κ1) is 17.4. The Labute approximate surface area is 149 Å². The van der Waals surface area contributed by atoms with Gasteiger partial charge in [0.1, 0.15) is 12.1 Å². The number of hydrogen-bond donors (Lipinski definition) is 0. The van der Waals surface area contributed by atoms with Gasteiger partial charge in [-0.2, -0.15) is 0 Å². The Morgan fingerprint density at radius 2 is 2.08 bits per heavy atom. The number of nitro groups is 1. The average Bonchev–Trinajstić information content (AvgIpc) is 3.21. The molecule has 2 heterocycles. The van der Waals surface area contributed by atoms with Gasteiger partial charge in [-0.1, -0.05) is 11.8 Å². The molecule has 1 aromatic heterocycles. The number of Topliss-reactive ketones (excluding diaryl/α,β-unsaturated/α-hetero) is 1. The highest BCUT2D eigenvalue weighted by Crippen LogP contribution is 2.29. The van der Waals surface area contributed by atoms with E-state index in [9.17, 15) is 19.7 Å². The summed E-state index contributed by atoms with van der Waals surface area (Å²) in [6.45, 7) is 1.46. The molecule has 0 spiro atoms. The molecule has 1 aromatic carbocycles. The van der Waals surface area contributed by atoms with Gasteiger partial charge in [0.15, 0.2) is 5.78 Å². The number of cyclic esters (lactones) is 1. The summed E-state index contributed by atoms with van der Waals surface area (Å²) in [5, 5.41) is 10.6. The van der Waals surface area contributed by atoms with Gasteiger partial charge < -0.3 is 9.30 Å². The summed E-state index contributed by atoms with van der Waals surface area (Å²) in [7, 11) is 0. The molecule has 2 aromatic rings. The van der Waals surface area contributed by atoms with Crippen LogP contribution in [0.3, 0.4) is 0 Å². The van der Waals surface area contributed by atoms with E-state index in [0.717, 1.165) is 0 Å². The molecule has 0 amide bonds. The Kier molecular flexibility index (Phi) is 4.85. The van der Waals surface area contributed by atoms with Gasteiger partial charge in [0, 0.05) is 43.7 Å². The maximum Gasteiger partial charge on any atom is 0.329 e. The molecular weight excluding hydrogens is 336 g/mol. The summed E-state index contributed by atoms with van der Waals surface area (Å²) in [5.41, 5.74) is 1.14. The van der Waals surface area contributed by atoms with Crippen molar-refractivity contribution in [2.75, 3.05) is 0 Å². The standard InChI is InChI=1S/C19H16N2O5/c1-13(22)17-6-3-11-20(17)18-12-16(26-19(18)23)5-2-4-14-7-9-15(10-8-14)21(24)25/h3,6-11,16,18H,5,12H2,1H3/t16-,18-/m0/s1. The molecule has 132 valence electrons. The quantitative estimate of drug-likeness (QED) is 0.277. The number of non-ortho nitro benzene ring substituents is 1. The first-order valence-corrected chi connectivity index (χ1v) is 8.07. The molecule has 0 radical (unpaired) electrons. The number of ether oxygens (including phenoxy) is 1. The Hall–Kier alpha value is -3.40. The highest BCUT2D eigenvalue weighted by molar-refractivity contribution is 5.93. The third-order valence-corrected chi connectivity index (χ3v) is 4.16. The summed E-state index contributed by atoms with van der Waals surface area (Å²) >= 11 is 0. The summed E-state index contributed by atoms with van der Waals surface area (Å²) in [6, 6.07) is 8.83. The van der Waals surface area contributed by atoms with Crippen LogP contribution in [-0.2, 0) is 9.53 Å². The van der Waals surface area contributed by atoms with Gasteiger partial charge in [-0.15, -0.1) is 0 Å². The fraction of sp³-hybridized carbons (Fsp3) is 0.263. The van der Waals surface area contributed by atoms with E-state index in [0.29, 0.717) is 24.1 Å². The molecule has 1 aliphatic heterocycles. The number of carbonyl (C=O) groups excluding carboxylic acids is 2. The zero-order valence-corrected chi connectivity index (χ0v) is 14.0. The molecule has 7 nitrogen and oxygen atoms in total. The van der Waals surface area contributed by atoms with Crippen molar-refractivity contribution in [1.29, 1.82) is 0 Å². The maximum atomic E-state index is 12.1. The SMILES string of the molecule is CC(=O)c1cccn1[C@H]1C[C@H](CC#Cc2ccc([N+](=O)[O-])cc2)OC1=O. The van der Waals surface area contributed by atoms with Crippen LogP contribution in [0, 0.1) is 22.0 Å². The van der Waals surface area contributed by atoms with E-state index in [1.54, 1.807) is 35.0 Å². The fourth-order valence-corrected chi connectivity index (χ4v) is 2.89. The van der Waals surface area contributed by atoms with Crippen LogP contribution in [0.1, 0.15) is 41.9 Å². The zero-order chi connectivity index (χ0) is 18.7. The number of esters is 1. The van der Waals surface area contributed by atoms with Crippen LogP contribution in [0.15, 0.2) is 42.6 Å². The predicted molar refractivity (Wildman–Crippen MR) is 92.6 cm³/mol. The minimum Gasteiger partial charge on any atom is -0.460 e. The van der Waals surface area contributed by atoms with Crippen LogP contribution >= 0.6 is 0 Å². The minimum atomic E-state index is -0.518. The van der Waals surface area contributed by atoms with Gasteiger partial charge >= 0.3 is 5.97 Å². The van der Waals surface area contributed by atoms with Gasteiger partial charge in [-0.05, 0) is 24.3 Å². The Morgan fingerprint density at radius 1 is 1.35 bits per heavy atom. The molecule has 0 saturated carbocycles. The molecule has 1 saturated heterocycles. The van der Waals surface area contributed by atoms with Crippen molar-refractivity contribution in [3.05, 3.63) is 64.0 Å². The van der Waals surface area contributed by atoms with Crippen LogP contribution in [0.2, 0.25) is 0 Å². The summed E-state index contributed by atoms with van der Waals surface area (Å²) in [6.07, 6.45) is 2.16. The van der Waals surface area contributed by atoms with Crippen molar-refractivity contribution in [2.45, 2.75) is 31.9 Å². The first-order valence-electron chi connectivity index (χ1n) is 8.07. The molecular formula is C19H16N2O5. The van der Waals surface area contributed by atoms with E-state index >= 15 is 0 Å². The second-order valence-corrected chi connectivity index (χ2v) is 5.98. The van der Waals surface area contributed by atoms with Gasteiger partial charge in [0.25, 0.3) is 5.69 Å². The maximum absolute atomic E-state index is 12.1. The van der Waals surface area contributed by atoms with Crippen molar-refractivity contribution in [3.63, 3.8) is 0 Å². The Morgan fingerprint density at radius 3 is 2.73 bits per heavy atom. The molecule has 1 aliphatic rings. The average molecular weight is 352 g/mol. The minimum absolute atomic E-state index is 0.0103. The number of ketones is 1. The normalized spacial score (nSPS) is 18.7. The molecule has 2 atom stereocenters. The molecule has 0 N–H and O–H groups in total. The van der Waals surface area contributed by atoms with Gasteiger partial charge in [0.05, 0.1) is 10.6 Å². The largest absolute Gasteiger partial charge is 0.460 e. The third-order valence-electron chi connectivity index (χ3n) is 4.16. The summed E-state index contributed by atoms with van der Waals surface area (Å²) < 4.78 is 7.01. The topological polar surface area (TPSA) is 91.4 Å². The number of nitro benzene ring substituents is 1. The van der Waals surface area contributed by atoms with Gasteiger partial charge in [-0.3, -0.25) is 14.9 Å². The van der Waals surface area contributed by atoms with E-state index in [1.807, 2.05) is 0 Å². The number of carbonyl (C=O) groups is 2. The number of hydrogen-bond acceptors (Lipinski definition) is 5. The molecule has 0 bridgehead atoms. The number of nitrogens with zero attached hydrogens (tertiary/aromatic N) is 2. The van der Waals surface area contributed by atoms with Crippen molar-refractivity contribution >= 4 is 17.4 Å². The monoisotopic (exact) mass is 352 g/mol. The predicted octanol–water partition coefficient (Wildman–Crippen LogP) is 2.90. The summed E-state index contributed by atoms with van der Waals surface area (Å²) in [4.78, 5) is 33.9. The van der Waals surface area contributed by atoms with Crippen LogP contribution in [0.4, 0.5) is 5.69 Å². The van der Waals surface area contributed by atoms with Gasteiger partial charge in [-0.25, -0.2) is 4.79 Å². The summed E-state index contributed by atoms with van der Waals surface area (Å²) in [5.74, 6) is 5.37. The van der Waals surface area contributed by atoms with E-state index in [-0.39, 0.29) is 23.5 Å². The molecule has 0 aliphatic carbocycles. The molecule has 1 fully saturated rings. The lowest BCUT2D eigenvalue weighted by Gasteiger charge is -2.11. The molecule has 7 heteroatoms. The highest BCUT2D eigenvalue weighted by atomic mass is 16.6. The van der Waals surface area contributed by atoms with E-state index in [4.69, 9.17) is 4.74 Å². The van der Waals surface area contributed by atoms with Crippen molar-refractivity contribution in [3.8, 4) is 11.8 Å². The lowest BCUT2D eigenvalue weighted by molar-refractivity contribution is -0.384. The fourth-order valence-electron chi connectivity index (χ4n) is 2.89.